The van der Waals surface area contributed by atoms with Crippen LogP contribution >= 0.6 is 0 Å². The highest BCUT2D eigenvalue weighted by atomic mass is 15.2. The molecule has 0 atom stereocenters. The van der Waals surface area contributed by atoms with Crippen LogP contribution in [0.1, 0.15) is 12.0 Å². The Hall–Kier alpha value is -1.22. The highest BCUT2D eigenvalue weighted by molar-refractivity contribution is 5.68. The van der Waals surface area contributed by atoms with E-state index in [2.05, 4.69) is 40.4 Å². The van der Waals surface area contributed by atoms with E-state index in [4.69, 9.17) is 0 Å². The molecule has 0 unspecified atom stereocenters. The number of hydrogen-bond acceptors (Lipinski definition) is 3. The number of nitrogens with one attached hydrogen (secondary N) is 1. The van der Waals surface area contributed by atoms with Gasteiger partial charge in [0, 0.05) is 44.1 Å². The molecule has 2 heterocycles. The maximum absolute atomic E-state index is 3.51. The fraction of sp³-hybridized carbons (Fsp3) is 0.571. The molecular formula is C14H21N3. The molecule has 17 heavy (non-hydrogen) atoms. The second-order valence-corrected chi connectivity index (χ2v) is 5.12. The number of nitrogens with zero attached hydrogens (tertiary/aromatic N) is 2. The van der Waals surface area contributed by atoms with Crippen molar-refractivity contribution >= 4 is 11.4 Å². The molecule has 1 N–H and O–H groups in total. The molecule has 2 aliphatic heterocycles. The predicted octanol–water partition coefficient (Wildman–Crippen LogP) is 1.80. The molecule has 0 saturated carbocycles. The fourth-order valence-corrected chi connectivity index (χ4v) is 2.83. The molecule has 0 aliphatic carbocycles. The molecule has 1 fully saturated rings. The molecule has 0 radical (unpaired) electrons. The summed E-state index contributed by atoms with van der Waals surface area (Å²) in [4.78, 5) is 4.95. The van der Waals surface area contributed by atoms with Gasteiger partial charge >= 0.3 is 0 Å². The first-order valence-corrected chi connectivity index (χ1v) is 6.64. The lowest BCUT2D eigenvalue weighted by atomic mass is 10.0. The Morgan fingerprint density at radius 1 is 1.12 bits per heavy atom. The fourth-order valence-electron chi connectivity index (χ4n) is 2.83. The maximum Gasteiger partial charge on any atom is 0.0420 e. The first-order valence-electron chi connectivity index (χ1n) is 6.64. The number of anilines is 2. The summed E-state index contributed by atoms with van der Waals surface area (Å²) in [7, 11) is 2.21. The summed E-state index contributed by atoms with van der Waals surface area (Å²) in [6, 6.07) is 6.69. The van der Waals surface area contributed by atoms with Gasteiger partial charge in [0.15, 0.2) is 0 Å². The van der Waals surface area contributed by atoms with Gasteiger partial charge in [-0.15, -0.1) is 0 Å². The standard InChI is InChI=1S/C14H21N3/c1-16-8-10-17(11-9-16)14-6-2-5-13-12(14)4-3-7-15-13/h2,5-6,15H,3-4,7-11H2,1H3. The lowest BCUT2D eigenvalue weighted by molar-refractivity contribution is 0.312. The normalized spacial score (nSPS) is 20.9. The molecule has 0 aromatic heterocycles. The number of hydrogen-bond donors (Lipinski definition) is 1. The number of likely N-dealkylation sites (N-methyl/N-ethyl adjacent to an activating group) is 1. The van der Waals surface area contributed by atoms with Crippen LogP contribution in [0.2, 0.25) is 0 Å². The van der Waals surface area contributed by atoms with E-state index in [9.17, 15) is 0 Å². The van der Waals surface area contributed by atoms with E-state index >= 15 is 0 Å². The van der Waals surface area contributed by atoms with Crippen molar-refractivity contribution in [2.75, 3.05) is 50.0 Å². The topological polar surface area (TPSA) is 18.5 Å². The van der Waals surface area contributed by atoms with Crippen molar-refractivity contribution in [3.05, 3.63) is 23.8 Å². The van der Waals surface area contributed by atoms with Crippen molar-refractivity contribution in [3.8, 4) is 0 Å². The molecule has 0 amide bonds. The molecule has 1 saturated heterocycles. The molecule has 0 spiro atoms. The average molecular weight is 231 g/mol. The molecule has 1 aromatic rings. The van der Waals surface area contributed by atoms with E-state index in [1.807, 2.05) is 0 Å². The SMILES string of the molecule is CN1CCN(c2cccc3c2CCCN3)CC1. The van der Waals surface area contributed by atoms with Crippen molar-refractivity contribution in [3.63, 3.8) is 0 Å². The van der Waals surface area contributed by atoms with Gasteiger partial charge in [0.2, 0.25) is 0 Å². The summed E-state index contributed by atoms with van der Waals surface area (Å²) in [6.07, 6.45) is 2.49. The van der Waals surface area contributed by atoms with Crippen LogP contribution in [0.25, 0.3) is 0 Å². The van der Waals surface area contributed by atoms with E-state index in [1.54, 1.807) is 0 Å². The molecule has 92 valence electrons. The van der Waals surface area contributed by atoms with Gasteiger partial charge in [-0.05, 0) is 37.6 Å². The van der Waals surface area contributed by atoms with Crippen molar-refractivity contribution < 1.29 is 0 Å². The van der Waals surface area contributed by atoms with Crippen LogP contribution in [0.4, 0.5) is 11.4 Å². The summed E-state index contributed by atoms with van der Waals surface area (Å²) < 4.78 is 0. The summed E-state index contributed by atoms with van der Waals surface area (Å²) in [5.74, 6) is 0. The van der Waals surface area contributed by atoms with E-state index in [1.165, 1.54) is 42.9 Å². The van der Waals surface area contributed by atoms with Crippen molar-refractivity contribution in [1.29, 1.82) is 0 Å². The van der Waals surface area contributed by atoms with E-state index in [0.717, 1.165) is 19.6 Å². The minimum atomic E-state index is 1.12. The third-order valence-electron chi connectivity index (χ3n) is 3.91. The zero-order valence-corrected chi connectivity index (χ0v) is 10.6. The first kappa shape index (κ1) is 10.9. The summed E-state index contributed by atoms with van der Waals surface area (Å²) >= 11 is 0. The third-order valence-corrected chi connectivity index (χ3v) is 3.91. The van der Waals surface area contributed by atoms with Crippen molar-refractivity contribution in [2.24, 2.45) is 0 Å². The van der Waals surface area contributed by atoms with Crippen LogP contribution < -0.4 is 10.2 Å². The molecule has 3 heteroatoms. The highest BCUT2D eigenvalue weighted by Crippen LogP contribution is 2.31. The van der Waals surface area contributed by atoms with Gasteiger partial charge in [-0.2, -0.15) is 0 Å². The Balaban J connectivity index is 1.87. The van der Waals surface area contributed by atoms with E-state index < -0.39 is 0 Å². The maximum atomic E-state index is 3.51. The summed E-state index contributed by atoms with van der Waals surface area (Å²) in [5.41, 5.74) is 4.35. The minimum absolute atomic E-state index is 1.12. The zero-order valence-electron chi connectivity index (χ0n) is 10.6. The van der Waals surface area contributed by atoms with E-state index in [-0.39, 0.29) is 0 Å². The van der Waals surface area contributed by atoms with Gasteiger partial charge in [0.1, 0.15) is 0 Å². The quantitative estimate of drug-likeness (QED) is 0.795. The zero-order chi connectivity index (χ0) is 11.7. The number of piperazine rings is 1. The summed E-state index contributed by atoms with van der Waals surface area (Å²) in [6.45, 7) is 5.80. The molecule has 1 aromatic carbocycles. The van der Waals surface area contributed by atoms with Crippen LogP contribution in [0.3, 0.4) is 0 Å². The average Bonchev–Trinajstić information content (AvgIpc) is 2.39. The summed E-state index contributed by atoms with van der Waals surface area (Å²) in [5, 5.41) is 3.51. The predicted molar refractivity (Wildman–Crippen MR) is 73.0 cm³/mol. The lowest BCUT2D eigenvalue weighted by Crippen LogP contribution is -2.45. The van der Waals surface area contributed by atoms with Crippen LogP contribution in [0.5, 0.6) is 0 Å². The minimum Gasteiger partial charge on any atom is -0.385 e. The van der Waals surface area contributed by atoms with Crippen LogP contribution in [0, 0.1) is 0 Å². The van der Waals surface area contributed by atoms with Crippen molar-refractivity contribution in [1.82, 2.24) is 4.90 Å². The Bertz CT molecular complexity index is 394. The van der Waals surface area contributed by atoms with Gasteiger partial charge in [-0.1, -0.05) is 6.07 Å². The smallest absolute Gasteiger partial charge is 0.0420 e. The Morgan fingerprint density at radius 3 is 2.76 bits per heavy atom. The number of fused-ring (bicyclic) bond motifs is 1. The monoisotopic (exact) mass is 231 g/mol. The molecule has 3 rings (SSSR count). The largest absolute Gasteiger partial charge is 0.385 e. The van der Waals surface area contributed by atoms with Gasteiger partial charge in [0.05, 0.1) is 0 Å². The third kappa shape index (κ3) is 2.12. The van der Waals surface area contributed by atoms with E-state index in [0.29, 0.717) is 0 Å². The van der Waals surface area contributed by atoms with Crippen LogP contribution in [-0.2, 0) is 6.42 Å². The Morgan fingerprint density at radius 2 is 1.94 bits per heavy atom. The number of rotatable bonds is 1. The van der Waals surface area contributed by atoms with Gasteiger partial charge in [-0.3, -0.25) is 0 Å². The van der Waals surface area contributed by atoms with Crippen molar-refractivity contribution in [2.45, 2.75) is 12.8 Å². The molecule has 0 bridgehead atoms. The molecule has 3 nitrogen and oxygen atoms in total. The first-order chi connectivity index (χ1) is 8.34. The second-order valence-electron chi connectivity index (χ2n) is 5.12. The highest BCUT2D eigenvalue weighted by Gasteiger charge is 2.19. The Kier molecular flexibility index (Phi) is 2.93. The van der Waals surface area contributed by atoms with Gasteiger partial charge in [0.25, 0.3) is 0 Å². The lowest BCUT2D eigenvalue weighted by Gasteiger charge is -2.36. The van der Waals surface area contributed by atoms with Crippen LogP contribution in [-0.4, -0.2) is 44.7 Å². The van der Waals surface area contributed by atoms with Gasteiger partial charge in [-0.25, -0.2) is 0 Å². The molecular weight excluding hydrogens is 210 g/mol. The van der Waals surface area contributed by atoms with Gasteiger partial charge < -0.3 is 15.1 Å². The number of benzene rings is 1. The Labute approximate surface area is 103 Å². The van der Waals surface area contributed by atoms with Crippen LogP contribution in [0.15, 0.2) is 18.2 Å². The molecule has 2 aliphatic rings. The second kappa shape index (κ2) is 4.57.